The fourth-order valence-electron chi connectivity index (χ4n) is 1.81. The maximum atomic E-state index is 5.81. The molecule has 0 aliphatic heterocycles. The fourth-order valence-corrected chi connectivity index (χ4v) is 2.62. The van der Waals surface area contributed by atoms with E-state index in [1.807, 2.05) is 23.0 Å². The molecule has 3 nitrogen and oxygen atoms in total. The van der Waals surface area contributed by atoms with E-state index in [9.17, 15) is 0 Å². The van der Waals surface area contributed by atoms with E-state index in [1.165, 1.54) is 5.56 Å². The zero-order valence-electron chi connectivity index (χ0n) is 10.9. The molecule has 0 bridgehead atoms. The molecule has 0 aliphatic carbocycles. The van der Waals surface area contributed by atoms with Crippen molar-refractivity contribution >= 4 is 15.9 Å². The zero-order chi connectivity index (χ0) is 13.3. The Hall–Kier alpha value is -1.13. The van der Waals surface area contributed by atoms with Gasteiger partial charge < -0.3 is 5.73 Å². The van der Waals surface area contributed by atoms with E-state index in [0.29, 0.717) is 6.54 Å². The summed E-state index contributed by atoms with van der Waals surface area (Å²) in [7, 11) is 0. The molecule has 0 atom stereocenters. The van der Waals surface area contributed by atoms with Gasteiger partial charge in [-0.25, -0.2) is 4.68 Å². The van der Waals surface area contributed by atoms with E-state index in [4.69, 9.17) is 5.73 Å². The van der Waals surface area contributed by atoms with E-state index >= 15 is 0 Å². The fraction of sp³-hybridized carbons (Fsp3) is 0.357. The first kappa shape index (κ1) is 13.3. The zero-order valence-corrected chi connectivity index (χ0v) is 12.5. The summed E-state index contributed by atoms with van der Waals surface area (Å²) < 4.78 is 2.89. The maximum absolute atomic E-state index is 5.81. The van der Waals surface area contributed by atoms with Gasteiger partial charge in [-0.3, -0.25) is 0 Å². The molecule has 18 heavy (non-hydrogen) atoms. The molecule has 1 aromatic heterocycles. The van der Waals surface area contributed by atoms with Crippen molar-refractivity contribution in [2.45, 2.75) is 26.2 Å². The lowest BCUT2D eigenvalue weighted by Crippen LogP contribution is -2.29. The molecule has 1 aromatic carbocycles. The van der Waals surface area contributed by atoms with Crippen molar-refractivity contribution < 1.29 is 0 Å². The predicted molar refractivity (Wildman–Crippen MR) is 78.1 cm³/mol. The van der Waals surface area contributed by atoms with Crippen LogP contribution in [0.1, 0.15) is 25.1 Å². The van der Waals surface area contributed by atoms with Gasteiger partial charge >= 0.3 is 0 Å². The van der Waals surface area contributed by atoms with Gasteiger partial charge in [0.25, 0.3) is 0 Å². The molecule has 0 spiro atoms. The third-order valence-electron chi connectivity index (χ3n) is 3.09. The molecular weight excluding hydrogens is 290 g/mol. The first-order chi connectivity index (χ1) is 8.44. The summed E-state index contributed by atoms with van der Waals surface area (Å²) in [6, 6.07) is 8.27. The van der Waals surface area contributed by atoms with Crippen LogP contribution in [0.5, 0.6) is 0 Å². The number of hydrogen-bond donors (Lipinski definition) is 1. The van der Waals surface area contributed by atoms with Crippen LogP contribution in [0.2, 0.25) is 0 Å². The molecule has 0 unspecified atom stereocenters. The average Bonchev–Trinajstić information content (AvgIpc) is 2.72. The third kappa shape index (κ3) is 2.49. The minimum Gasteiger partial charge on any atom is -0.330 e. The lowest BCUT2D eigenvalue weighted by molar-refractivity contribution is 0.513. The molecule has 96 valence electrons. The Morgan fingerprint density at radius 2 is 2.11 bits per heavy atom. The van der Waals surface area contributed by atoms with E-state index in [0.717, 1.165) is 15.9 Å². The van der Waals surface area contributed by atoms with E-state index in [2.05, 4.69) is 53.9 Å². The van der Waals surface area contributed by atoms with Crippen molar-refractivity contribution in [2.75, 3.05) is 6.54 Å². The molecule has 0 fully saturated rings. The molecule has 2 N–H and O–H groups in total. The number of nitrogens with two attached hydrogens (primary N) is 1. The van der Waals surface area contributed by atoms with Crippen molar-refractivity contribution in [2.24, 2.45) is 5.73 Å². The monoisotopic (exact) mass is 307 g/mol. The van der Waals surface area contributed by atoms with Crippen molar-refractivity contribution in [1.82, 2.24) is 9.78 Å². The van der Waals surface area contributed by atoms with Crippen LogP contribution in [0.4, 0.5) is 0 Å². The van der Waals surface area contributed by atoms with Crippen molar-refractivity contribution in [3.63, 3.8) is 0 Å². The Morgan fingerprint density at radius 1 is 1.39 bits per heavy atom. The normalized spacial score (nSPS) is 11.8. The number of halogens is 1. The first-order valence-corrected chi connectivity index (χ1v) is 6.76. The summed E-state index contributed by atoms with van der Waals surface area (Å²) in [5.41, 5.74) is 8.96. The van der Waals surface area contributed by atoms with Gasteiger partial charge in [-0.1, -0.05) is 26.0 Å². The second kappa shape index (κ2) is 4.86. The average molecular weight is 308 g/mol. The highest BCUT2D eigenvalue weighted by Crippen LogP contribution is 2.29. The van der Waals surface area contributed by atoms with Crippen molar-refractivity contribution in [1.29, 1.82) is 0 Å². The lowest BCUT2D eigenvalue weighted by Gasteiger charge is -2.20. The van der Waals surface area contributed by atoms with Gasteiger partial charge in [-0.2, -0.15) is 5.10 Å². The number of rotatable bonds is 3. The van der Waals surface area contributed by atoms with Crippen LogP contribution in [0.15, 0.2) is 34.9 Å². The number of hydrogen-bond acceptors (Lipinski definition) is 2. The second-order valence-corrected chi connectivity index (χ2v) is 6.05. The van der Waals surface area contributed by atoms with Gasteiger partial charge in [-0.05, 0) is 40.5 Å². The third-order valence-corrected chi connectivity index (χ3v) is 3.67. The van der Waals surface area contributed by atoms with Gasteiger partial charge in [0.2, 0.25) is 0 Å². The van der Waals surface area contributed by atoms with Crippen LogP contribution in [0.3, 0.4) is 0 Å². The molecule has 0 radical (unpaired) electrons. The Kier molecular flexibility index (Phi) is 3.59. The van der Waals surface area contributed by atoms with Gasteiger partial charge in [0.1, 0.15) is 0 Å². The van der Waals surface area contributed by atoms with Crippen LogP contribution in [0, 0.1) is 6.92 Å². The van der Waals surface area contributed by atoms with Crippen LogP contribution in [0.25, 0.3) is 5.69 Å². The SMILES string of the molecule is Cc1cccc(-n2cc(Br)c(C(C)(C)CN)n2)c1. The lowest BCUT2D eigenvalue weighted by atomic mass is 9.90. The molecular formula is C14H18BrN3. The second-order valence-electron chi connectivity index (χ2n) is 5.20. The number of aryl methyl sites for hydroxylation is 1. The molecule has 0 saturated carbocycles. The van der Waals surface area contributed by atoms with Gasteiger partial charge in [0, 0.05) is 18.2 Å². The van der Waals surface area contributed by atoms with Crippen molar-refractivity contribution in [3.05, 3.63) is 46.2 Å². The van der Waals surface area contributed by atoms with E-state index < -0.39 is 0 Å². The highest BCUT2D eigenvalue weighted by atomic mass is 79.9. The van der Waals surface area contributed by atoms with Gasteiger partial charge in [0.15, 0.2) is 0 Å². The molecule has 0 amide bonds. The number of aromatic nitrogens is 2. The standard InChI is InChI=1S/C14H18BrN3/c1-10-5-4-6-11(7-10)18-8-12(15)13(17-18)14(2,3)9-16/h4-8H,9,16H2,1-3H3. The van der Waals surface area contributed by atoms with E-state index in [1.54, 1.807) is 0 Å². The van der Waals surface area contributed by atoms with Crippen LogP contribution < -0.4 is 5.73 Å². The number of nitrogens with zero attached hydrogens (tertiary/aromatic N) is 2. The number of benzene rings is 1. The summed E-state index contributed by atoms with van der Waals surface area (Å²) in [5.74, 6) is 0. The van der Waals surface area contributed by atoms with Crippen LogP contribution in [-0.2, 0) is 5.41 Å². The van der Waals surface area contributed by atoms with Gasteiger partial charge in [-0.15, -0.1) is 0 Å². The van der Waals surface area contributed by atoms with Crippen molar-refractivity contribution in [3.8, 4) is 5.69 Å². The van der Waals surface area contributed by atoms with E-state index in [-0.39, 0.29) is 5.41 Å². The molecule has 4 heteroatoms. The summed E-state index contributed by atoms with van der Waals surface area (Å²) in [6.07, 6.45) is 1.99. The Bertz CT molecular complexity index is 558. The summed E-state index contributed by atoms with van der Waals surface area (Å²) in [5, 5.41) is 4.65. The predicted octanol–water partition coefficient (Wildman–Crippen LogP) is 3.18. The summed E-state index contributed by atoms with van der Waals surface area (Å²) in [4.78, 5) is 0. The minimum atomic E-state index is -0.131. The smallest absolute Gasteiger partial charge is 0.0839 e. The van der Waals surface area contributed by atoms with Crippen LogP contribution >= 0.6 is 15.9 Å². The highest BCUT2D eigenvalue weighted by molar-refractivity contribution is 9.10. The summed E-state index contributed by atoms with van der Waals surface area (Å²) in [6.45, 7) is 6.84. The molecule has 1 heterocycles. The topological polar surface area (TPSA) is 43.8 Å². The minimum absolute atomic E-state index is 0.131. The molecule has 0 saturated heterocycles. The summed E-state index contributed by atoms with van der Waals surface area (Å²) >= 11 is 3.57. The Balaban J connectivity index is 2.47. The Morgan fingerprint density at radius 3 is 2.72 bits per heavy atom. The quantitative estimate of drug-likeness (QED) is 0.946. The first-order valence-electron chi connectivity index (χ1n) is 5.97. The largest absolute Gasteiger partial charge is 0.330 e. The molecule has 0 aliphatic rings. The van der Waals surface area contributed by atoms with Gasteiger partial charge in [0.05, 0.1) is 15.9 Å². The molecule has 2 aromatic rings. The van der Waals surface area contributed by atoms with Crippen LogP contribution in [-0.4, -0.2) is 16.3 Å². The molecule has 2 rings (SSSR count). The highest BCUT2D eigenvalue weighted by Gasteiger charge is 2.25. The maximum Gasteiger partial charge on any atom is 0.0839 e. The Labute approximate surface area is 116 Å².